The fourth-order valence-electron chi connectivity index (χ4n) is 3.42. The van der Waals surface area contributed by atoms with E-state index in [0.29, 0.717) is 19.0 Å². The van der Waals surface area contributed by atoms with Crippen molar-refractivity contribution in [3.05, 3.63) is 32.6 Å². The van der Waals surface area contributed by atoms with Gasteiger partial charge in [0.1, 0.15) is 17.8 Å². The van der Waals surface area contributed by atoms with Gasteiger partial charge in [-0.2, -0.15) is 0 Å². The Morgan fingerprint density at radius 2 is 2.03 bits per heavy atom. The van der Waals surface area contributed by atoms with Gasteiger partial charge in [-0.25, -0.2) is 18.5 Å². The van der Waals surface area contributed by atoms with Gasteiger partial charge in [-0.3, -0.25) is 9.78 Å². The Labute approximate surface area is 181 Å². The number of carbonyl (C=O) groups is 1. The summed E-state index contributed by atoms with van der Waals surface area (Å²) in [5.41, 5.74) is -6.88. The van der Waals surface area contributed by atoms with Gasteiger partial charge in [0.25, 0.3) is 5.56 Å². The molecule has 2 rings (SSSR count). The second-order valence-corrected chi connectivity index (χ2v) is 7.29. The number of rotatable bonds is 10. The van der Waals surface area contributed by atoms with Crippen LogP contribution in [0.4, 0.5) is 4.39 Å². The normalized spacial score (nSPS) is 28.8. The topological polar surface area (TPSA) is 195 Å². The fraction of sp³-hybridized carbons (Fsp3) is 0.722. The van der Waals surface area contributed by atoms with Gasteiger partial charge >= 0.3 is 17.6 Å². The molecule has 1 fully saturated rings. The second-order valence-electron chi connectivity index (χ2n) is 7.29. The number of hydrogen-bond acceptors (Lipinski definition) is 11. The van der Waals surface area contributed by atoms with E-state index in [2.05, 4.69) is 4.74 Å². The fourth-order valence-corrected chi connectivity index (χ4v) is 3.42. The van der Waals surface area contributed by atoms with Crippen LogP contribution in [0, 0.1) is 0 Å². The molecule has 1 aromatic heterocycles. The number of unbranched alkanes of at least 4 members (excludes halogenated alkanes) is 2. The van der Waals surface area contributed by atoms with Gasteiger partial charge in [0.2, 0.25) is 5.72 Å². The number of H-pyrrole nitrogens is 1. The lowest BCUT2D eigenvalue weighted by Crippen LogP contribution is -2.70. The number of nitrogens with one attached hydrogen (secondary N) is 1. The lowest BCUT2D eigenvalue weighted by molar-refractivity contribution is -0.428. The summed E-state index contributed by atoms with van der Waals surface area (Å²) < 4.78 is 24.5. The van der Waals surface area contributed by atoms with E-state index in [-0.39, 0.29) is 24.0 Å². The smallest absolute Gasteiger partial charge is 0.345 e. The van der Waals surface area contributed by atoms with E-state index in [4.69, 9.17) is 4.74 Å². The largest absolute Gasteiger partial charge is 0.462 e. The summed E-state index contributed by atoms with van der Waals surface area (Å²) in [5, 5.41) is 52.1. The number of hydroxylamine groups is 2. The Hall–Kier alpha value is -2.20. The first-order valence-corrected chi connectivity index (χ1v) is 10.1. The standard InChI is InChI=1S/C18H28FN3O10/c1-3-5-6-7-12(19)22(30)17(28)13(24)11(9-23)32-18(17,29)21-8-10(15(26)31-4-2)14(25)20-16(21)27/h8,11-13,23-24,28-30H,3-7,9H2,1-2H3,(H,20,25,27)/t11-,12?,13-,17-,18+/m1/s1. The molecular formula is C18H28FN3O10. The Balaban J connectivity index is 2.63. The average molecular weight is 465 g/mol. The third kappa shape index (κ3) is 4.34. The predicted molar refractivity (Wildman–Crippen MR) is 103 cm³/mol. The van der Waals surface area contributed by atoms with Crippen LogP contribution in [0.2, 0.25) is 0 Å². The summed E-state index contributed by atoms with van der Waals surface area (Å²) in [6, 6.07) is 0. The number of alkyl halides is 1. The minimum Gasteiger partial charge on any atom is -0.462 e. The maximum absolute atomic E-state index is 14.7. The number of aromatic nitrogens is 2. The monoisotopic (exact) mass is 465 g/mol. The van der Waals surface area contributed by atoms with Gasteiger partial charge in [-0.05, 0) is 19.8 Å². The maximum Gasteiger partial charge on any atom is 0.345 e. The molecule has 182 valence electrons. The molecule has 0 amide bonds. The van der Waals surface area contributed by atoms with E-state index >= 15 is 0 Å². The molecule has 1 aromatic rings. The molecule has 0 saturated carbocycles. The van der Waals surface area contributed by atoms with Crippen molar-refractivity contribution < 1.29 is 44.3 Å². The molecule has 1 aliphatic rings. The molecule has 32 heavy (non-hydrogen) atoms. The maximum atomic E-state index is 14.7. The highest BCUT2D eigenvalue weighted by Gasteiger charge is 2.71. The van der Waals surface area contributed by atoms with Crippen LogP contribution in [-0.2, 0) is 15.4 Å². The Kier molecular flexibility index (Phi) is 8.27. The van der Waals surface area contributed by atoms with Crippen LogP contribution >= 0.6 is 0 Å². The summed E-state index contributed by atoms with van der Waals surface area (Å²) in [7, 11) is 0. The summed E-state index contributed by atoms with van der Waals surface area (Å²) in [6.07, 6.45) is -4.76. The quantitative estimate of drug-likeness (QED) is 0.0760. The van der Waals surface area contributed by atoms with Crippen molar-refractivity contribution in [3.8, 4) is 0 Å². The summed E-state index contributed by atoms with van der Waals surface area (Å²) in [5.74, 6) is -4.65. The average Bonchev–Trinajstić information content (AvgIpc) is 2.95. The van der Waals surface area contributed by atoms with Crippen molar-refractivity contribution >= 4 is 5.97 Å². The number of nitrogens with zero attached hydrogens (tertiary/aromatic N) is 2. The number of aliphatic hydroxyl groups is 4. The highest BCUT2D eigenvalue weighted by Crippen LogP contribution is 2.44. The number of halogens is 1. The molecular weight excluding hydrogens is 437 g/mol. The molecule has 0 aliphatic carbocycles. The molecule has 0 aromatic carbocycles. The van der Waals surface area contributed by atoms with Crippen molar-refractivity contribution in [2.75, 3.05) is 13.2 Å². The first-order chi connectivity index (χ1) is 15.0. The van der Waals surface area contributed by atoms with Crippen molar-refractivity contribution in [1.29, 1.82) is 0 Å². The lowest BCUT2D eigenvalue weighted by atomic mass is 10.00. The first kappa shape index (κ1) is 26.1. The van der Waals surface area contributed by atoms with E-state index in [1.165, 1.54) is 6.92 Å². The van der Waals surface area contributed by atoms with Crippen molar-refractivity contribution in [2.45, 2.75) is 69.7 Å². The van der Waals surface area contributed by atoms with E-state index in [1.807, 2.05) is 6.92 Å². The molecule has 1 aliphatic heterocycles. The molecule has 0 bridgehead atoms. The minimum absolute atomic E-state index is 0.0848. The van der Waals surface area contributed by atoms with E-state index in [1.54, 1.807) is 4.98 Å². The highest BCUT2D eigenvalue weighted by molar-refractivity contribution is 5.88. The number of aliphatic hydroxyl groups excluding tert-OH is 2. The predicted octanol–water partition coefficient (Wildman–Crippen LogP) is -1.68. The summed E-state index contributed by atoms with van der Waals surface area (Å²) in [4.78, 5) is 38.2. The number of ether oxygens (including phenoxy) is 2. The van der Waals surface area contributed by atoms with Gasteiger partial charge < -0.3 is 35.1 Å². The van der Waals surface area contributed by atoms with Crippen LogP contribution in [0.1, 0.15) is 49.9 Å². The molecule has 5 atom stereocenters. The number of hydrogen-bond donors (Lipinski definition) is 6. The zero-order valence-corrected chi connectivity index (χ0v) is 17.6. The molecule has 14 heteroatoms. The minimum atomic E-state index is -3.45. The van der Waals surface area contributed by atoms with Gasteiger partial charge in [0.15, 0.2) is 6.30 Å². The van der Waals surface area contributed by atoms with E-state index in [0.717, 1.165) is 0 Å². The zero-order chi connectivity index (χ0) is 24.3. The first-order valence-electron chi connectivity index (χ1n) is 10.1. The van der Waals surface area contributed by atoms with Gasteiger partial charge in [-0.1, -0.05) is 19.8 Å². The van der Waals surface area contributed by atoms with Gasteiger partial charge in [0.05, 0.1) is 13.2 Å². The van der Waals surface area contributed by atoms with Crippen LogP contribution in [-0.4, -0.2) is 83.7 Å². The van der Waals surface area contributed by atoms with Crippen LogP contribution in [0.25, 0.3) is 0 Å². The SMILES string of the molecule is CCCCCC(F)N(O)[C@@]1(O)[C@H](O)[C@@H](CO)O[C@]1(O)n1cc(C(=O)OCC)c(=O)[nH]c1=O. The number of carbonyl (C=O) groups excluding carboxylic acids is 1. The molecule has 1 unspecified atom stereocenters. The Morgan fingerprint density at radius 1 is 1.38 bits per heavy atom. The van der Waals surface area contributed by atoms with Crippen LogP contribution < -0.4 is 11.2 Å². The van der Waals surface area contributed by atoms with Crippen molar-refractivity contribution in [3.63, 3.8) is 0 Å². The summed E-state index contributed by atoms with van der Waals surface area (Å²) >= 11 is 0. The Morgan fingerprint density at radius 3 is 2.59 bits per heavy atom. The van der Waals surface area contributed by atoms with Crippen molar-refractivity contribution in [1.82, 2.24) is 14.6 Å². The van der Waals surface area contributed by atoms with Crippen LogP contribution in [0.3, 0.4) is 0 Å². The van der Waals surface area contributed by atoms with Gasteiger partial charge in [0, 0.05) is 6.20 Å². The summed E-state index contributed by atoms with van der Waals surface area (Å²) in [6.45, 7) is 2.13. The van der Waals surface area contributed by atoms with E-state index in [9.17, 15) is 44.4 Å². The third-order valence-electron chi connectivity index (χ3n) is 5.16. The molecule has 6 N–H and O–H groups in total. The molecule has 2 heterocycles. The molecule has 1 saturated heterocycles. The van der Waals surface area contributed by atoms with Crippen LogP contribution in [0.5, 0.6) is 0 Å². The Bertz CT molecular complexity index is 923. The van der Waals surface area contributed by atoms with Crippen molar-refractivity contribution in [2.24, 2.45) is 0 Å². The number of esters is 1. The molecule has 13 nitrogen and oxygen atoms in total. The molecule has 0 spiro atoms. The zero-order valence-electron chi connectivity index (χ0n) is 17.6. The number of aromatic amines is 1. The van der Waals surface area contributed by atoms with Gasteiger partial charge in [-0.15, -0.1) is 5.06 Å². The van der Waals surface area contributed by atoms with E-state index < -0.39 is 64.6 Å². The highest BCUT2D eigenvalue weighted by atomic mass is 19.1. The van der Waals surface area contributed by atoms with Crippen LogP contribution in [0.15, 0.2) is 15.8 Å². The second kappa shape index (κ2) is 10.2. The lowest BCUT2D eigenvalue weighted by Gasteiger charge is -2.43. The third-order valence-corrected chi connectivity index (χ3v) is 5.16. The molecule has 0 radical (unpaired) electrons.